The number of aromatic nitrogens is 1. The van der Waals surface area contributed by atoms with Crippen LogP contribution in [0.4, 0.5) is 24.5 Å². The molecule has 21 nitrogen and oxygen atoms in total. The molecule has 602 valence electrons. The van der Waals surface area contributed by atoms with Gasteiger partial charge in [-0.25, -0.2) is 13.4 Å². The summed E-state index contributed by atoms with van der Waals surface area (Å²) >= 11 is 10.2. The Kier molecular flexibility index (Phi) is 29.5. The van der Waals surface area contributed by atoms with Crippen molar-refractivity contribution < 1.29 is 64.9 Å². The molecule has 1 aromatic heterocycles. The number of allylic oxidation sites excluding steroid dienone is 1. The first-order valence-corrected chi connectivity index (χ1v) is 42.4. The number of aliphatic hydroxyl groups excluding tert-OH is 1. The number of morpholine rings is 1. The van der Waals surface area contributed by atoms with Crippen molar-refractivity contribution in [1.29, 1.82) is 0 Å². The summed E-state index contributed by atoms with van der Waals surface area (Å²) in [6.45, 7) is 26.2. The lowest BCUT2D eigenvalue weighted by molar-refractivity contribution is -0.145. The number of carbonyl (C=O) groups excluding carboxylic acids is 5. The number of alkyl halides is 3. The van der Waals surface area contributed by atoms with E-state index in [1.165, 1.54) is 39.9 Å². The molecule has 4 aliphatic rings. The summed E-state index contributed by atoms with van der Waals surface area (Å²) in [6.07, 6.45) is 2.35. The van der Waals surface area contributed by atoms with Gasteiger partial charge in [-0.3, -0.25) is 38.5 Å². The number of nitrogens with zero attached hydrogens (tertiary/aromatic N) is 5. The monoisotopic (exact) mass is 1630 g/mol. The molecule has 1 unspecified atom stereocenters. The van der Waals surface area contributed by atoms with Crippen LogP contribution in [0.2, 0.25) is 5.02 Å². The van der Waals surface area contributed by atoms with Gasteiger partial charge >= 0.3 is 5.51 Å². The van der Waals surface area contributed by atoms with Gasteiger partial charge in [0.15, 0.2) is 0 Å². The van der Waals surface area contributed by atoms with E-state index in [1.54, 1.807) is 37.3 Å². The largest absolute Gasteiger partial charge is 0.501 e. The van der Waals surface area contributed by atoms with E-state index >= 15 is 0 Å². The van der Waals surface area contributed by atoms with Crippen molar-refractivity contribution in [2.24, 2.45) is 10.8 Å². The van der Waals surface area contributed by atoms with Gasteiger partial charge in [0, 0.05) is 110 Å². The number of anilines is 2. The number of piperazine rings is 1. The molecule has 3 aliphatic heterocycles. The second-order valence-corrected chi connectivity index (χ2v) is 37.2. The number of hydrogen-bond donors (Lipinski definition) is 6. The van der Waals surface area contributed by atoms with Crippen molar-refractivity contribution in [3.8, 4) is 10.4 Å². The normalized spacial score (nSPS) is 19.3. The van der Waals surface area contributed by atoms with Crippen LogP contribution in [0.5, 0.6) is 0 Å². The third-order valence-electron chi connectivity index (χ3n) is 20.9. The van der Waals surface area contributed by atoms with Crippen LogP contribution in [0.15, 0.2) is 147 Å². The van der Waals surface area contributed by atoms with Gasteiger partial charge in [-0.2, -0.15) is 13.2 Å². The highest BCUT2D eigenvalue weighted by molar-refractivity contribution is 7.99. The van der Waals surface area contributed by atoms with Crippen LogP contribution < -0.4 is 30.9 Å². The second kappa shape index (κ2) is 37.9. The number of benzene rings is 5. The number of aliphatic hydroxyl groups is 1. The number of thioether (sulfide) groups is 1. The lowest BCUT2D eigenvalue weighted by Gasteiger charge is -2.41. The fraction of sp³-hybridized carbons (Fsp3) is 0.512. The van der Waals surface area contributed by atoms with E-state index < -0.39 is 84.7 Å². The first kappa shape index (κ1) is 86.3. The molecule has 6 aromatic rings. The second-order valence-electron chi connectivity index (χ2n) is 32.0. The molecule has 0 radical (unpaired) electrons. The van der Waals surface area contributed by atoms with E-state index in [-0.39, 0.29) is 60.5 Å². The number of nitrogens with one attached hydrogen (secondary N) is 5. The maximum atomic E-state index is 14.5. The lowest BCUT2D eigenvalue weighted by atomic mass is 9.71. The zero-order valence-corrected chi connectivity index (χ0v) is 69.0. The molecule has 3 fully saturated rings. The molecule has 0 saturated carbocycles. The Balaban J connectivity index is 0.671. The van der Waals surface area contributed by atoms with Crippen LogP contribution in [0.3, 0.4) is 0 Å². The number of carbonyl (C=O) groups is 5. The first-order valence-electron chi connectivity index (χ1n) is 37.9. The highest BCUT2D eigenvalue weighted by Crippen LogP contribution is 2.44. The Labute approximate surface area is 668 Å². The summed E-state index contributed by atoms with van der Waals surface area (Å²) in [4.78, 5) is 83.3. The number of amides is 5. The minimum Gasteiger partial charge on any atom is -0.391 e. The topological polar surface area (TPSA) is 253 Å². The molecule has 10 rings (SSSR count). The number of thiazole rings is 1. The molecule has 0 spiro atoms. The third-order valence-corrected chi connectivity index (χ3v) is 25.6. The molecule has 5 aromatic carbocycles. The van der Waals surface area contributed by atoms with Crippen LogP contribution in [0.25, 0.3) is 16.0 Å². The van der Waals surface area contributed by atoms with Crippen molar-refractivity contribution in [1.82, 2.24) is 40.4 Å². The van der Waals surface area contributed by atoms with E-state index in [4.69, 9.17) is 25.8 Å². The number of ether oxygens (including phenoxy) is 3. The minimum atomic E-state index is -5.82. The molecular formula is C82H106ClF3N10O11S4. The Bertz CT molecular complexity index is 4310. The Morgan fingerprint density at radius 2 is 1.50 bits per heavy atom. The van der Waals surface area contributed by atoms with Crippen molar-refractivity contribution >= 4 is 103 Å². The minimum absolute atomic E-state index is 0.0565. The predicted molar refractivity (Wildman–Crippen MR) is 434 cm³/mol. The molecule has 3 saturated heterocycles. The van der Waals surface area contributed by atoms with Crippen molar-refractivity contribution in [3.63, 3.8) is 0 Å². The van der Waals surface area contributed by atoms with Gasteiger partial charge in [0.2, 0.25) is 23.6 Å². The van der Waals surface area contributed by atoms with E-state index in [1.807, 2.05) is 133 Å². The van der Waals surface area contributed by atoms with Gasteiger partial charge in [-0.15, -0.1) is 23.1 Å². The van der Waals surface area contributed by atoms with Gasteiger partial charge in [0.1, 0.15) is 23.6 Å². The van der Waals surface area contributed by atoms with Gasteiger partial charge in [-0.05, 0) is 185 Å². The number of sulfone groups is 1. The Hall–Kier alpha value is -7.09. The van der Waals surface area contributed by atoms with Crippen LogP contribution >= 0.6 is 46.6 Å². The van der Waals surface area contributed by atoms with Crippen molar-refractivity contribution in [2.75, 3.05) is 108 Å². The van der Waals surface area contributed by atoms with E-state index in [0.29, 0.717) is 68.6 Å². The fourth-order valence-electron chi connectivity index (χ4n) is 14.3. The number of halogens is 4. The molecule has 1 aliphatic carbocycles. The molecule has 6 N–H and O–H groups in total. The molecule has 0 bridgehead atoms. The number of rotatable bonds is 33. The summed E-state index contributed by atoms with van der Waals surface area (Å²) in [5, 5.41) is 23.8. The quantitative estimate of drug-likeness (QED) is 0.0165. The molecule has 4 heterocycles. The molecule has 6 atom stereocenters. The van der Waals surface area contributed by atoms with Gasteiger partial charge < -0.3 is 50.4 Å². The summed E-state index contributed by atoms with van der Waals surface area (Å²) in [5.74, 6) is -1.59. The highest BCUT2D eigenvalue weighted by Gasteiger charge is 2.49. The summed E-state index contributed by atoms with van der Waals surface area (Å²) < 4.78 is 90.2. The van der Waals surface area contributed by atoms with Crippen LogP contribution in [0, 0.1) is 17.8 Å². The van der Waals surface area contributed by atoms with Gasteiger partial charge in [0.05, 0.1) is 71.4 Å². The zero-order valence-electron chi connectivity index (χ0n) is 65.0. The fourth-order valence-corrected chi connectivity index (χ4v) is 17.9. The van der Waals surface area contributed by atoms with Gasteiger partial charge in [-0.1, -0.05) is 99.5 Å². The molecule has 111 heavy (non-hydrogen) atoms. The summed E-state index contributed by atoms with van der Waals surface area (Å²) in [6, 6.07) is 33.5. The summed E-state index contributed by atoms with van der Waals surface area (Å²) in [5.41, 5.74) is 0.996. The van der Waals surface area contributed by atoms with E-state index in [0.717, 1.165) is 108 Å². The highest BCUT2D eigenvalue weighted by atomic mass is 35.5. The average molecular weight is 1630 g/mol. The van der Waals surface area contributed by atoms with Crippen molar-refractivity contribution in [2.45, 2.75) is 176 Å². The Morgan fingerprint density at radius 1 is 0.811 bits per heavy atom. The Morgan fingerprint density at radius 3 is 2.15 bits per heavy atom. The average Bonchev–Trinajstić information content (AvgIpc) is 1.30. The maximum absolute atomic E-state index is 14.5. The summed E-state index contributed by atoms with van der Waals surface area (Å²) in [7, 11) is -5.82. The zero-order chi connectivity index (χ0) is 80.1. The number of likely N-dealkylation sites (tertiary alicyclic amines) is 1. The number of aryl methyl sites for hydroxylation is 1. The molecule has 5 amide bonds. The maximum Gasteiger partial charge on any atom is 0.501 e. The SMILES string of the molecule is Cc1ncsc1-c1ccc([C@H](C)NC(=O)[C@@H]2C[C@@H](O)CN2C(=O)[C@@H](NC(=O)CC(C)(C)OCCC(C)(C)OCC(=O)NCC2(C)CCC(c3ccc(Cl)cc3)=C(CN3CCN(c4ccc(C(=O)NSc5ccc(N[C@H](CCN6CCOCC6)CSc6ccccc6)c(S(=O)(=O)C(F)(F)F)c5)cc4)CC3)C2)C(C)(C)C)cc1. The lowest BCUT2D eigenvalue weighted by Crippen LogP contribution is -2.58. The third kappa shape index (κ3) is 24.2. The number of hydrogen-bond acceptors (Lipinski definition) is 19. The molecular weight excluding hydrogens is 1520 g/mol. The van der Waals surface area contributed by atoms with E-state index in [9.17, 15) is 50.7 Å². The smallest absolute Gasteiger partial charge is 0.391 e. The molecule has 29 heteroatoms. The first-order chi connectivity index (χ1) is 52.5. The predicted octanol–water partition coefficient (Wildman–Crippen LogP) is 13.4. The number of β-amino-alcohol motifs (C(OH)–C–C–N with tert-alkyl or cyclic N) is 1. The van der Waals surface area contributed by atoms with Crippen molar-refractivity contribution in [3.05, 3.63) is 160 Å². The van der Waals surface area contributed by atoms with Crippen LogP contribution in [-0.4, -0.2) is 201 Å². The van der Waals surface area contributed by atoms with E-state index in [2.05, 4.69) is 64.7 Å². The standard InChI is InChI=1S/C82H106ClF3N10O11S4/c1-54(56-16-18-58(19-17-56)73-55(2)88-53-109-73)89-76(101)69-44-64(97)49-96(69)77(102)74(78(3,4)5)91-71(98)47-80(8,9)106-41-33-79(6,7)107-50-72(99)87-52-81(10)32-30-67(57-20-24-61(83)25-21-57)60(46-81)48-94-35-37-95(38-36-94)63-26-22-59(23-27-63)75(100)92-110-66-28-29-68(70(45-66)111(103,104)82(84,85)86)90-62(31-34-93-39-42-105-43-40-93)51-108-65-14-12-11-13-15-65/h11-29,45,53-54,62,64,69,74,90,97H,30-44,46-52H2,1-10H3,(H,87,99)(H,89,101)(H,91,98)(H,92,100)/t54-,62+,64+,69-,74+,81?/m0/s1. The van der Waals surface area contributed by atoms with Crippen LogP contribution in [-0.2, 0) is 43.2 Å². The van der Waals surface area contributed by atoms with Gasteiger partial charge in [0.25, 0.3) is 15.7 Å². The van der Waals surface area contributed by atoms with Crippen LogP contribution in [0.1, 0.15) is 140 Å².